The lowest BCUT2D eigenvalue weighted by atomic mass is 9.95. The molecule has 0 atom stereocenters. The summed E-state index contributed by atoms with van der Waals surface area (Å²) < 4.78 is 0. The monoisotopic (exact) mass is 714 g/mol. The molecule has 0 aliphatic rings. The highest BCUT2D eigenvalue weighted by atomic mass is 14.9. The van der Waals surface area contributed by atoms with Gasteiger partial charge in [-0.3, -0.25) is 0 Å². The molecule has 10 aromatic rings. The molecule has 10 rings (SSSR count). The minimum atomic E-state index is 0.687. The van der Waals surface area contributed by atoms with E-state index in [-0.39, 0.29) is 0 Å². The Morgan fingerprint density at radius 2 is 0.661 bits per heavy atom. The van der Waals surface area contributed by atoms with Crippen LogP contribution in [0.25, 0.3) is 100 Å². The third-order valence-electron chi connectivity index (χ3n) is 10.3. The molecule has 0 N–H and O–H groups in total. The summed E-state index contributed by atoms with van der Waals surface area (Å²) >= 11 is 0. The van der Waals surface area contributed by atoms with Crippen LogP contribution >= 0.6 is 0 Å². The van der Waals surface area contributed by atoms with Gasteiger partial charge in [0.15, 0.2) is 5.82 Å². The second-order valence-corrected chi connectivity index (χ2v) is 13.9. The molecule has 0 aliphatic heterocycles. The molecule has 4 heteroatoms. The van der Waals surface area contributed by atoms with E-state index < -0.39 is 0 Å². The molecule has 3 heterocycles. The van der Waals surface area contributed by atoms with E-state index in [9.17, 15) is 0 Å². The highest BCUT2D eigenvalue weighted by Gasteiger charge is 2.16. The maximum Gasteiger partial charge on any atom is 0.160 e. The summed E-state index contributed by atoms with van der Waals surface area (Å²) in [6.45, 7) is 0. The van der Waals surface area contributed by atoms with E-state index in [1.807, 2.05) is 48.5 Å². The van der Waals surface area contributed by atoms with Gasteiger partial charge in [0, 0.05) is 38.6 Å². The summed E-state index contributed by atoms with van der Waals surface area (Å²) in [7, 11) is 0. The molecule has 0 saturated carbocycles. The minimum Gasteiger partial charge on any atom is -0.245 e. The molecule has 0 radical (unpaired) electrons. The van der Waals surface area contributed by atoms with Crippen molar-refractivity contribution >= 4 is 21.8 Å². The number of nitrogens with zero attached hydrogens (tertiary/aromatic N) is 4. The molecular formula is C52H34N4. The van der Waals surface area contributed by atoms with Gasteiger partial charge in [-0.2, -0.15) is 0 Å². The molecule has 3 aromatic heterocycles. The molecule has 7 aromatic carbocycles. The van der Waals surface area contributed by atoms with Crippen molar-refractivity contribution in [3.05, 3.63) is 206 Å². The zero-order valence-electron chi connectivity index (χ0n) is 30.4. The number of benzene rings is 7. The molecule has 0 bridgehead atoms. The molecule has 4 nitrogen and oxygen atoms in total. The van der Waals surface area contributed by atoms with E-state index in [2.05, 4.69) is 158 Å². The minimum absolute atomic E-state index is 0.687. The Labute approximate surface area is 325 Å². The van der Waals surface area contributed by atoms with Crippen molar-refractivity contribution in [2.75, 3.05) is 0 Å². The first kappa shape index (κ1) is 33.0. The van der Waals surface area contributed by atoms with Gasteiger partial charge in [0.1, 0.15) is 0 Å². The smallest absolute Gasteiger partial charge is 0.160 e. The van der Waals surface area contributed by atoms with Crippen molar-refractivity contribution in [2.24, 2.45) is 0 Å². The van der Waals surface area contributed by atoms with Crippen LogP contribution in [0.15, 0.2) is 206 Å². The number of rotatable bonds is 7. The van der Waals surface area contributed by atoms with E-state index in [4.69, 9.17) is 19.9 Å². The van der Waals surface area contributed by atoms with Crippen molar-refractivity contribution < 1.29 is 0 Å². The average Bonchev–Trinajstić information content (AvgIpc) is 3.29. The number of hydrogen-bond acceptors (Lipinski definition) is 4. The Bertz CT molecular complexity index is 2970. The number of fused-ring (bicyclic) bond motifs is 3. The van der Waals surface area contributed by atoms with Crippen molar-refractivity contribution in [2.45, 2.75) is 0 Å². The largest absolute Gasteiger partial charge is 0.245 e. The maximum absolute atomic E-state index is 5.28. The molecule has 262 valence electrons. The van der Waals surface area contributed by atoms with Crippen molar-refractivity contribution in [3.63, 3.8) is 0 Å². The fraction of sp³-hybridized carbons (Fsp3) is 0. The van der Waals surface area contributed by atoms with Gasteiger partial charge in [-0.25, -0.2) is 19.9 Å². The Hall–Kier alpha value is -7.56. The predicted molar refractivity (Wildman–Crippen MR) is 231 cm³/mol. The Balaban J connectivity index is 1.09. The molecule has 0 amide bonds. The lowest BCUT2D eigenvalue weighted by Gasteiger charge is -2.14. The molecule has 0 aliphatic carbocycles. The second-order valence-electron chi connectivity index (χ2n) is 13.9. The molecule has 0 fully saturated rings. The first-order chi connectivity index (χ1) is 27.7. The highest BCUT2D eigenvalue weighted by molar-refractivity contribution is 6.09. The second kappa shape index (κ2) is 14.3. The zero-order valence-corrected chi connectivity index (χ0v) is 30.4. The number of aromatic nitrogens is 4. The lowest BCUT2D eigenvalue weighted by Crippen LogP contribution is -1.96. The summed E-state index contributed by atoms with van der Waals surface area (Å²) in [5.74, 6) is 0.687. The number of pyridine rings is 2. The summed E-state index contributed by atoms with van der Waals surface area (Å²) in [6, 6.07) is 71.5. The topological polar surface area (TPSA) is 51.6 Å². The Kier molecular flexibility index (Phi) is 8.47. The van der Waals surface area contributed by atoms with Gasteiger partial charge < -0.3 is 0 Å². The molecule has 0 unspecified atom stereocenters. The normalized spacial score (nSPS) is 11.2. The van der Waals surface area contributed by atoms with Gasteiger partial charge in [-0.1, -0.05) is 188 Å². The highest BCUT2D eigenvalue weighted by Crippen LogP contribution is 2.37. The van der Waals surface area contributed by atoms with E-state index >= 15 is 0 Å². The summed E-state index contributed by atoms with van der Waals surface area (Å²) in [4.78, 5) is 20.7. The predicted octanol–water partition coefficient (Wildman–Crippen LogP) is 13.2. The van der Waals surface area contributed by atoms with E-state index in [0.29, 0.717) is 5.82 Å². The van der Waals surface area contributed by atoms with Crippen molar-refractivity contribution in [1.82, 2.24) is 19.9 Å². The van der Waals surface area contributed by atoms with Gasteiger partial charge in [0.2, 0.25) is 0 Å². The zero-order chi connectivity index (χ0) is 37.3. The van der Waals surface area contributed by atoms with Gasteiger partial charge in [-0.15, -0.1) is 0 Å². The molecule has 0 saturated heterocycles. The fourth-order valence-corrected chi connectivity index (χ4v) is 7.38. The average molecular weight is 715 g/mol. The van der Waals surface area contributed by atoms with E-state index in [1.165, 1.54) is 5.56 Å². The third-order valence-corrected chi connectivity index (χ3v) is 10.3. The standard InChI is InChI=1S/C52H34N4/c1-5-13-35(14-6-1)36-21-27-43(28-22-36)52-55-48(40-19-11-4-12-20-40)34-49(56-52)41-25-23-37(24-26-41)45-33-47(39-17-9-3-10-18-39)54-51-44(45)31-29-42-30-32-46(53-50(42)51)38-15-7-2-8-16-38/h1-34H. The Morgan fingerprint density at radius 3 is 1.25 bits per heavy atom. The van der Waals surface area contributed by atoms with Crippen LogP contribution in [0.1, 0.15) is 0 Å². The molecular weight excluding hydrogens is 681 g/mol. The van der Waals surface area contributed by atoms with Gasteiger partial charge in [-0.05, 0) is 40.5 Å². The lowest BCUT2D eigenvalue weighted by molar-refractivity contribution is 1.18. The fourth-order valence-electron chi connectivity index (χ4n) is 7.38. The summed E-state index contributed by atoms with van der Waals surface area (Å²) in [5, 5.41) is 2.11. The Morgan fingerprint density at radius 1 is 0.250 bits per heavy atom. The van der Waals surface area contributed by atoms with Crippen molar-refractivity contribution in [3.8, 4) is 78.7 Å². The first-order valence-electron chi connectivity index (χ1n) is 18.8. The van der Waals surface area contributed by atoms with Crippen LogP contribution in [-0.2, 0) is 0 Å². The van der Waals surface area contributed by atoms with E-state index in [1.54, 1.807) is 0 Å². The van der Waals surface area contributed by atoms with Crippen LogP contribution in [0, 0.1) is 0 Å². The quantitative estimate of drug-likeness (QED) is 0.154. The van der Waals surface area contributed by atoms with Crippen LogP contribution in [0.3, 0.4) is 0 Å². The first-order valence-corrected chi connectivity index (χ1v) is 18.8. The summed E-state index contributed by atoms with van der Waals surface area (Å²) in [5.41, 5.74) is 15.0. The number of hydrogen-bond donors (Lipinski definition) is 0. The SMILES string of the molecule is c1ccc(-c2ccc(-c3nc(-c4ccccc4)cc(-c4ccc(-c5cc(-c6ccccc6)nc6c5ccc5ccc(-c7ccccc7)nc56)cc4)n3)cc2)cc1. The van der Waals surface area contributed by atoms with Crippen LogP contribution in [0.4, 0.5) is 0 Å². The van der Waals surface area contributed by atoms with Gasteiger partial charge in [0.25, 0.3) is 0 Å². The molecule has 0 spiro atoms. The van der Waals surface area contributed by atoms with Crippen molar-refractivity contribution in [1.29, 1.82) is 0 Å². The van der Waals surface area contributed by atoms with Gasteiger partial charge >= 0.3 is 0 Å². The van der Waals surface area contributed by atoms with Gasteiger partial charge in [0.05, 0.1) is 33.8 Å². The van der Waals surface area contributed by atoms with E-state index in [0.717, 1.165) is 89.1 Å². The maximum atomic E-state index is 5.28. The summed E-state index contributed by atoms with van der Waals surface area (Å²) in [6.07, 6.45) is 0. The third kappa shape index (κ3) is 6.40. The molecule has 56 heavy (non-hydrogen) atoms. The van der Waals surface area contributed by atoms with Crippen LogP contribution in [0.2, 0.25) is 0 Å². The van der Waals surface area contributed by atoms with Crippen LogP contribution in [-0.4, -0.2) is 19.9 Å². The van der Waals surface area contributed by atoms with Crippen LogP contribution in [0.5, 0.6) is 0 Å². The van der Waals surface area contributed by atoms with Crippen LogP contribution < -0.4 is 0 Å².